The fourth-order valence-corrected chi connectivity index (χ4v) is 6.60. The maximum atomic E-state index is 12.8. The van der Waals surface area contributed by atoms with E-state index in [9.17, 15) is 14.4 Å². The van der Waals surface area contributed by atoms with E-state index in [-0.39, 0.29) is 37.5 Å². The van der Waals surface area contributed by atoms with Crippen LogP contribution < -0.4 is 0 Å². The molecule has 0 aliphatic rings. The lowest BCUT2D eigenvalue weighted by atomic mass is 10.1. The largest absolute Gasteiger partial charge is 0.462 e. The molecule has 0 saturated carbocycles. The molecule has 63 heavy (non-hydrogen) atoms. The van der Waals surface area contributed by atoms with Gasteiger partial charge in [0.2, 0.25) is 0 Å². The van der Waals surface area contributed by atoms with Crippen LogP contribution in [0.2, 0.25) is 0 Å². The molecule has 0 unspecified atom stereocenters. The zero-order chi connectivity index (χ0) is 45.8. The molecular weight excluding hydrogens is 781 g/mol. The van der Waals surface area contributed by atoms with Gasteiger partial charge in [-0.05, 0) is 128 Å². The van der Waals surface area contributed by atoms with E-state index in [1.807, 2.05) is 0 Å². The monoisotopic (exact) mass is 875 g/mol. The van der Waals surface area contributed by atoms with Crippen LogP contribution in [-0.2, 0) is 28.6 Å². The van der Waals surface area contributed by atoms with Gasteiger partial charge < -0.3 is 14.2 Å². The molecule has 0 aromatic heterocycles. The third-order valence-electron chi connectivity index (χ3n) is 10.5. The number of ether oxygens (including phenoxy) is 3. The lowest BCUT2D eigenvalue weighted by molar-refractivity contribution is -0.167. The molecule has 0 rings (SSSR count). The van der Waals surface area contributed by atoms with Crippen LogP contribution >= 0.6 is 0 Å². The Hall–Kier alpha value is -3.67. The van der Waals surface area contributed by atoms with E-state index < -0.39 is 6.10 Å². The molecule has 0 bridgehead atoms. The first kappa shape index (κ1) is 59.3. The predicted molar refractivity (Wildman–Crippen MR) is 270 cm³/mol. The van der Waals surface area contributed by atoms with Gasteiger partial charge in [0.1, 0.15) is 13.2 Å². The Balaban J connectivity index is 4.55. The number of carbonyl (C=O) groups is 3. The SMILES string of the molecule is CCCCC/C=C\C/C=C\C/C=C\CCCCC(=O)OC[C@@H](COC(=O)CCCCCCC/C=C\C/C=C\CCCCC)OC(=O)CCCC/C=C\C/C=C\C/C=C\CCCCC. The number of hydrogen-bond acceptors (Lipinski definition) is 6. The smallest absolute Gasteiger partial charge is 0.306 e. The number of carbonyl (C=O) groups excluding carboxylic acids is 3. The quantitative estimate of drug-likeness (QED) is 0.0262. The number of rotatable bonds is 45. The van der Waals surface area contributed by atoms with Gasteiger partial charge in [0.15, 0.2) is 6.10 Å². The van der Waals surface area contributed by atoms with Gasteiger partial charge in [0.05, 0.1) is 0 Å². The van der Waals surface area contributed by atoms with Crippen LogP contribution in [-0.4, -0.2) is 37.2 Å². The van der Waals surface area contributed by atoms with Crippen molar-refractivity contribution < 1.29 is 28.6 Å². The average Bonchev–Trinajstić information content (AvgIpc) is 3.28. The van der Waals surface area contributed by atoms with Crippen LogP contribution in [0.4, 0.5) is 0 Å². The molecule has 1 atom stereocenters. The number of esters is 3. The van der Waals surface area contributed by atoms with Gasteiger partial charge in [-0.2, -0.15) is 0 Å². The van der Waals surface area contributed by atoms with Gasteiger partial charge in [-0.3, -0.25) is 14.4 Å². The maximum Gasteiger partial charge on any atom is 0.306 e. The van der Waals surface area contributed by atoms with Crippen molar-refractivity contribution in [3.05, 3.63) is 97.2 Å². The van der Waals surface area contributed by atoms with Crippen molar-refractivity contribution in [3.8, 4) is 0 Å². The van der Waals surface area contributed by atoms with Gasteiger partial charge in [0, 0.05) is 19.3 Å². The lowest BCUT2D eigenvalue weighted by Gasteiger charge is -2.18. The predicted octanol–water partition coefficient (Wildman–Crippen LogP) is 17.0. The summed E-state index contributed by atoms with van der Waals surface area (Å²) in [5, 5.41) is 0. The van der Waals surface area contributed by atoms with E-state index in [0.29, 0.717) is 19.3 Å². The van der Waals surface area contributed by atoms with Crippen molar-refractivity contribution in [1.29, 1.82) is 0 Å². The summed E-state index contributed by atoms with van der Waals surface area (Å²) in [4.78, 5) is 37.9. The molecule has 0 N–H and O–H groups in total. The minimum atomic E-state index is -0.819. The van der Waals surface area contributed by atoms with Crippen molar-refractivity contribution >= 4 is 17.9 Å². The van der Waals surface area contributed by atoms with Crippen LogP contribution in [0, 0.1) is 0 Å². The van der Waals surface area contributed by atoms with E-state index in [0.717, 1.165) is 103 Å². The topological polar surface area (TPSA) is 78.9 Å². The van der Waals surface area contributed by atoms with E-state index in [1.165, 1.54) is 77.0 Å². The van der Waals surface area contributed by atoms with E-state index >= 15 is 0 Å². The summed E-state index contributed by atoms with van der Waals surface area (Å²) >= 11 is 0. The highest BCUT2D eigenvalue weighted by Crippen LogP contribution is 2.12. The van der Waals surface area contributed by atoms with Crippen molar-refractivity contribution in [3.63, 3.8) is 0 Å². The van der Waals surface area contributed by atoms with Gasteiger partial charge in [-0.1, -0.05) is 176 Å². The van der Waals surface area contributed by atoms with E-state index in [1.54, 1.807) is 0 Å². The highest BCUT2D eigenvalue weighted by molar-refractivity contribution is 5.71. The lowest BCUT2D eigenvalue weighted by Crippen LogP contribution is -2.30. The third kappa shape index (κ3) is 49.2. The van der Waals surface area contributed by atoms with Crippen molar-refractivity contribution in [2.45, 2.75) is 232 Å². The summed E-state index contributed by atoms with van der Waals surface area (Å²) in [6.07, 6.45) is 66.7. The first-order chi connectivity index (χ1) is 31.0. The summed E-state index contributed by atoms with van der Waals surface area (Å²) in [5.41, 5.74) is 0. The summed E-state index contributed by atoms with van der Waals surface area (Å²) in [6, 6.07) is 0. The van der Waals surface area contributed by atoms with Gasteiger partial charge in [-0.25, -0.2) is 0 Å². The Morgan fingerprint density at radius 1 is 0.317 bits per heavy atom. The Kier molecular flexibility index (Phi) is 48.0. The second kappa shape index (κ2) is 51.0. The standard InChI is InChI=1S/C57H94O6/c1-4-7-10-13-16-19-22-25-28-31-34-37-40-43-46-49-55(58)61-52-54(63-57(60)51-48-45-42-39-36-33-30-27-24-21-18-15-12-9-6-3)53-62-56(59)50-47-44-41-38-35-32-29-26-23-20-17-14-11-8-5-2/h16-21,25-30,34,36-37,39,54H,4-15,22-24,31-33,35,38,40-53H2,1-3H3/b19-16-,20-17-,21-18-,28-25-,29-26-,30-27-,37-34-,39-36-/t54-/m0/s1. The fraction of sp³-hybridized carbons (Fsp3) is 0.667. The van der Waals surface area contributed by atoms with E-state index in [4.69, 9.17) is 14.2 Å². The van der Waals surface area contributed by atoms with Gasteiger partial charge in [-0.15, -0.1) is 0 Å². The van der Waals surface area contributed by atoms with Crippen LogP contribution in [0.25, 0.3) is 0 Å². The Labute approximate surface area is 387 Å². The zero-order valence-electron chi connectivity index (χ0n) is 40.8. The first-order valence-electron chi connectivity index (χ1n) is 25.7. The number of allylic oxidation sites excluding steroid dienone is 16. The molecule has 6 heteroatoms. The first-order valence-corrected chi connectivity index (χ1v) is 25.7. The second-order valence-corrected chi connectivity index (χ2v) is 16.7. The van der Waals surface area contributed by atoms with Gasteiger partial charge in [0.25, 0.3) is 0 Å². The number of hydrogen-bond donors (Lipinski definition) is 0. The summed E-state index contributed by atoms with van der Waals surface area (Å²) in [5.74, 6) is -1.01. The molecule has 0 heterocycles. The Bertz CT molecular complexity index is 1280. The van der Waals surface area contributed by atoms with Crippen LogP contribution in [0.1, 0.15) is 226 Å². The maximum absolute atomic E-state index is 12.8. The van der Waals surface area contributed by atoms with E-state index in [2.05, 4.69) is 118 Å². The minimum absolute atomic E-state index is 0.114. The Morgan fingerprint density at radius 2 is 0.571 bits per heavy atom. The molecule has 358 valence electrons. The molecule has 0 saturated heterocycles. The molecule has 0 amide bonds. The molecule has 0 aliphatic carbocycles. The van der Waals surface area contributed by atoms with Crippen LogP contribution in [0.15, 0.2) is 97.2 Å². The molecule has 0 spiro atoms. The van der Waals surface area contributed by atoms with Crippen molar-refractivity contribution in [1.82, 2.24) is 0 Å². The molecule has 0 aliphatic heterocycles. The normalized spacial score (nSPS) is 12.9. The zero-order valence-corrected chi connectivity index (χ0v) is 40.8. The van der Waals surface area contributed by atoms with Crippen LogP contribution in [0.3, 0.4) is 0 Å². The molecule has 0 aromatic rings. The summed E-state index contributed by atoms with van der Waals surface area (Å²) in [7, 11) is 0. The molecule has 0 fully saturated rings. The Morgan fingerprint density at radius 3 is 0.921 bits per heavy atom. The fourth-order valence-electron chi connectivity index (χ4n) is 6.60. The third-order valence-corrected chi connectivity index (χ3v) is 10.5. The number of unbranched alkanes of at least 4 members (excludes halogenated alkanes) is 18. The van der Waals surface area contributed by atoms with Crippen molar-refractivity contribution in [2.24, 2.45) is 0 Å². The molecular formula is C57H94O6. The van der Waals surface area contributed by atoms with Crippen LogP contribution in [0.5, 0.6) is 0 Å². The highest BCUT2D eigenvalue weighted by atomic mass is 16.6. The molecule has 6 nitrogen and oxygen atoms in total. The summed E-state index contributed by atoms with van der Waals surface area (Å²) < 4.78 is 16.7. The second-order valence-electron chi connectivity index (χ2n) is 16.7. The summed E-state index contributed by atoms with van der Waals surface area (Å²) in [6.45, 7) is 6.46. The average molecular weight is 875 g/mol. The highest BCUT2D eigenvalue weighted by Gasteiger charge is 2.19. The van der Waals surface area contributed by atoms with Gasteiger partial charge >= 0.3 is 17.9 Å². The van der Waals surface area contributed by atoms with Crippen molar-refractivity contribution in [2.75, 3.05) is 13.2 Å². The molecule has 0 radical (unpaired) electrons. The molecule has 0 aromatic carbocycles. The minimum Gasteiger partial charge on any atom is -0.462 e.